The first-order valence-corrected chi connectivity index (χ1v) is 4.72. The topological polar surface area (TPSA) is 125 Å². The highest BCUT2D eigenvalue weighted by Gasteiger charge is 2.06. The maximum atomic E-state index is 11.0. The van der Waals surface area contributed by atoms with E-state index in [9.17, 15) is 19.2 Å². The predicted octanol–water partition coefficient (Wildman–Crippen LogP) is -1.41. The van der Waals surface area contributed by atoms with Crippen LogP contribution in [-0.2, 0) is 14.4 Å². The molecular weight excluding hydrogens is 230 g/mol. The van der Waals surface area contributed by atoms with E-state index in [-0.39, 0.29) is 6.54 Å². The van der Waals surface area contributed by atoms with Crippen LogP contribution in [-0.4, -0.2) is 42.0 Å². The van der Waals surface area contributed by atoms with Gasteiger partial charge in [0, 0.05) is 18.7 Å². The van der Waals surface area contributed by atoms with Crippen molar-refractivity contribution in [3.05, 3.63) is 12.2 Å². The Balaban J connectivity index is 3.90. The zero-order valence-electron chi connectivity index (χ0n) is 9.15. The second-order valence-electron chi connectivity index (χ2n) is 2.80. The number of hydrogen-bond donors (Lipinski definition) is 4. The third kappa shape index (κ3) is 8.60. The number of urea groups is 1. The smallest absolute Gasteiger partial charge is 0.328 e. The lowest BCUT2D eigenvalue weighted by molar-refractivity contribution is -0.131. The summed E-state index contributed by atoms with van der Waals surface area (Å²) in [6.45, 7) is 1.89. The summed E-state index contributed by atoms with van der Waals surface area (Å²) in [5.74, 6) is -2.58. The van der Waals surface area contributed by atoms with Crippen molar-refractivity contribution in [2.75, 3.05) is 13.1 Å². The molecule has 0 rings (SSSR count). The fourth-order valence-corrected chi connectivity index (χ4v) is 0.765. The molecule has 0 aliphatic carbocycles. The van der Waals surface area contributed by atoms with Crippen molar-refractivity contribution < 1.29 is 24.3 Å². The van der Waals surface area contributed by atoms with Gasteiger partial charge in [-0.05, 0) is 6.92 Å². The van der Waals surface area contributed by atoms with E-state index in [1.54, 1.807) is 6.92 Å². The average molecular weight is 243 g/mol. The Kier molecular flexibility index (Phi) is 6.75. The lowest BCUT2D eigenvalue weighted by atomic mass is 10.4. The van der Waals surface area contributed by atoms with Crippen LogP contribution in [0.25, 0.3) is 0 Å². The van der Waals surface area contributed by atoms with Crippen LogP contribution in [0.5, 0.6) is 0 Å². The monoisotopic (exact) mass is 243 g/mol. The summed E-state index contributed by atoms with van der Waals surface area (Å²) in [7, 11) is 0. The summed E-state index contributed by atoms with van der Waals surface area (Å²) >= 11 is 0. The molecule has 0 saturated heterocycles. The number of amides is 4. The third-order valence-electron chi connectivity index (χ3n) is 1.40. The molecular formula is C9H13N3O5. The number of likely N-dealkylation sites (N-methyl/N-ethyl adjacent to an activating group) is 1. The van der Waals surface area contributed by atoms with E-state index in [0.717, 1.165) is 0 Å². The standard InChI is InChI=1S/C9H13N3O5/c1-2-10-7(14)5-11-9(17)12-6(13)3-4-8(15)16/h3-4H,2,5H2,1H3,(H,10,14)(H,15,16)(H2,11,12,13,17)/b4-3+. The highest BCUT2D eigenvalue weighted by molar-refractivity contribution is 6.03. The molecule has 0 radical (unpaired) electrons. The number of carbonyl (C=O) groups excluding carboxylic acids is 3. The maximum absolute atomic E-state index is 11.0. The van der Waals surface area contributed by atoms with Gasteiger partial charge in [0.15, 0.2) is 0 Å². The molecule has 8 nitrogen and oxygen atoms in total. The van der Waals surface area contributed by atoms with Crippen molar-refractivity contribution >= 4 is 23.8 Å². The quantitative estimate of drug-likeness (QED) is 0.441. The number of hydrogen-bond acceptors (Lipinski definition) is 4. The van der Waals surface area contributed by atoms with Gasteiger partial charge in [0.1, 0.15) is 0 Å². The van der Waals surface area contributed by atoms with E-state index in [2.05, 4.69) is 10.6 Å². The van der Waals surface area contributed by atoms with E-state index in [1.165, 1.54) is 0 Å². The van der Waals surface area contributed by atoms with Crippen LogP contribution in [0.3, 0.4) is 0 Å². The molecule has 4 N–H and O–H groups in total. The summed E-state index contributed by atoms with van der Waals surface area (Å²) in [4.78, 5) is 42.9. The zero-order valence-corrected chi connectivity index (χ0v) is 9.15. The van der Waals surface area contributed by atoms with Crippen LogP contribution in [0.1, 0.15) is 6.92 Å². The molecule has 0 atom stereocenters. The first kappa shape index (κ1) is 14.6. The van der Waals surface area contributed by atoms with Gasteiger partial charge in [-0.1, -0.05) is 0 Å². The molecule has 0 fully saturated rings. The third-order valence-corrected chi connectivity index (χ3v) is 1.40. The molecule has 0 aromatic rings. The molecule has 0 aliphatic heterocycles. The van der Waals surface area contributed by atoms with Gasteiger partial charge in [-0.15, -0.1) is 0 Å². The lowest BCUT2D eigenvalue weighted by Gasteiger charge is -2.04. The van der Waals surface area contributed by atoms with Crippen LogP contribution >= 0.6 is 0 Å². The molecule has 0 heterocycles. The van der Waals surface area contributed by atoms with Crippen molar-refractivity contribution in [3.63, 3.8) is 0 Å². The number of rotatable bonds is 5. The van der Waals surface area contributed by atoms with Gasteiger partial charge in [0.05, 0.1) is 6.54 Å². The molecule has 0 bridgehead atoms. The Labute approximate surface area is 97.1 Å². The number of nitrogens with one attached hydrogen (secondary N) is 3. The first-order chi connectivity index (χ1) is 7.95. The SMILES string of the molecule is CCNC(=O)CNC(=O)NC(=O)/C=C/C(=O)O. The fraction of sp³-hybridized carbons (Fsp3) is 0.333. The fourth-order valence-electron chi connectivity index (χ4n) is 0.765. The van der Waals surface area contributed by atoms with Crippen LogP contribution < -0.4 is 16.0 Å². The Morgan fingerprint density at radius 3 is 2.29 bits per heavy atom. The van der Waals surface area contributed by atoms with Crippen molar-refractivity contribution in [2.24, 2.45) is 0 Å². The van der Waals surface area contributed by atoms with Crippen LogP contribution in [0, 0.1) is 0 Å². The minimum absolute atomic E-state index is 0.268. The normalized spacial score (nSPS) is 9.71. The highest BCUT2D eigenvalue weighted by Crippen LogP contribution is 1.75. The summed E-state index contributed by atoms with van der Waals surface area (Å²) in [6, 6.07) is -0.878. The van der Waals surface area contributed by atoms with Gasteiger partial charge in [-0.25, -0.2) is 9.59 Å². The Morgan fingerprint density at radius 1 is 1.12 bits per heavy atom. The highest BCUT2D eigenvalue weighted by atomic mass is 16.4. The summed E-state index contributed by atoms with van der Waals surface area (Å²) in [5, 5.41) is 14.6. The van der Waals surface area contributed by atoms with Crippen LogP contribution in [0.4, 0.5) is 4.79 Å². The van der Waals surface area contributed by atoms with E-state index >= 15 is 0 Å². The molecule has 0 aromatic carbocycles. The van der Waals surface area contributed by atoms with Crippen molar-refractivity contribution in [3.8, 4) is 0 Å². The Hall–Kier alpha value is -2.38. The van der Waals surface area contributed by atoms with Crippen molar-refractivity contribution in [1.29, 1.82) is 0 Å². The van der Waals surface area contributed by atoms with E-state index in [4.69, 9.17) is 5.11 Å². The van der Waals surface area contributed by atoms with Gasteiger partial charge >= 0.3 is 12.0 Å². The molecule has 0 unspecified atom stereocenters. The average Bonchev–Trinajstić information content (AvgIpc) is 2.24. The maximum Gasteiger partial charge on any atom is 0.328 e. The van der Waals surface area contributed by atoms with E-state index < -0.39 is 23.8 Å². The molecule has 0 spiro atoms. The van der Waals surface area contributed by atoms with E-state index in [0.29, 0.717) is 18.7 Å². The Morgan fingerprint density at radius 2 is 1.76 bits per heavy atom. The number of carboxylic acid groups (broad SMARTS) is 1. The number of imide groups is 1. The number of carbonyl (C=O) groups is 4. The molecule has 0 aromatic heterocycles. The number of aliphatic carboxylic acids is 1. The Bertz CT molecular complexity index is 351. The molecule has 0 saturated carbocycles. The second kappa shape index (κ2) is 7.85. The van der Waals surface area contributed by atoms with Gasteiger partial charge in [0.25, 0.3) is 5.91 Å². The largest absolute Gasteiger partial charge is 0.478 e. The van der Waals surface area contributed by atoms with Gasteiger partial charge in [-0.3, -0.25) is 14.9 Å². The minimum Gasteiger partial charge on any atom is -0.478 e. The summed E-state index contributed by atoms with van der Waals surface area (Å²) in [6.07, 6.45) is 1.28. The summed E-state index contributed by atoms with van der Waals surface area (Å²) in [5.41, 5.74) is 0. The molecule has 4 amide bonds. The first-order valence-electron chi connectivity index (χ1n) is 4.72. The van der Waals surface area contributed by atoms with Gasteiger partial charge in [0.2, 0.25) is 5.91 Å². The minimum atomic E-state index is -1.30. The lowest BCUT2D eigenvalue weighted by Crippen LogP contribution is -2.43. The predicted molar refractivity (Wildman–Crippen MR) is 57.0 cm³/mol. The van der Waals surface area contributed by atoms with Crippen LogP contribution in [0.15, 0.2) is 12.2 Å². The molecule has 17 heavy (non-hydrogen) atoms. The van der Waals surface area contributed by atoms with E-state index in [1.807, 2.05) is 5.32 Å². The van der Waals surface area contributed by atoms with Gasteiger partial charge < -0.3 is 15.7 Å². The van der Waals surface area contributed by atoms with Crippen molar-refractivity contribution in [1.82, 2.24) is 16.0 Å². The molecule has 0 aliphatic rings. The van der Waals surface area contributed by atoms with Crippen LogP contribution in [0.2, 0.25) is 0 Å². The molecule has 94 valence electrons. The summed E-state index contributed by atoms with van der Waals surface area (Å²) < 4.78 is 0. The zero-order chi connectivity index (χ0) is 13.3. The second-order valence-corrected chi connectivity index (χ2v) is 2.80. The number of carboxylic acids is 1. The van der Waals surface area contributed by atoms with Crippen molar-refractivity contribution in [2.45, 2.75) is 6.92 Å². The molecule has 8 heteroatoms. The van der Waals surface area contributed by atoms with Gasteiger partial charge in [-0.2, -0.15) is 0 Å².